The fourth-order valence-corrected chi connectivity index (χ4v) is 0.535. The molecule has 0 amide bonds. The van der Waals surface area contributed by atoms with E-state index in [1.54, 1.807) is 0 Å². The Bertz CT molecular complexity index is 97.1. The van der Waals surface area contributed by atoms with Gasteiger partial charge in [0.15, 0.2) is 0 Å². The van der Waals surface area contributed by atoms with Gasteiger partial charge in [-0.25, -0.2) is 4.79 Å². The first-order valence-electron chi connectivity index (χ1n) is 3.00. The van der Waals surface area contributed by atoms with Crippen LogP contribution in [-0.4, -0.2) is 12.6 Å². The predicted molar refractivity (Wildman–Crippen MR) is 35.7 cm³/mol. The molecule has 0 aliphatic rings. The van der Waals surface area contributed by atoms with Crippen molar-refractivity contribution in [2.75, 3.05) is 0 Å². The first-order valence-corrected chi connectivity index (χ1v) is 3.00. The molecular weight excluding hydrogens is 116 g/mol. The Labute approximate surface area is 55.5 Å². The van der Waals surface area contributed by atoms with Crippen molar-refractivity contribution in [1.29, 1.82) is 0 Å². The number of rotatable bonds is 4. The van der Waals surface area contributed by atoms with Crippen LogP contribution in [0, 0.1) is 0 Å². The number of carbonyl (C=O) groups excluding carboxylic acids is 1. The van der Waals surface area contributed by atoms with Crippen molar-refractivity contribution < 1.29 is 9.53 Å². The average molecular weight is 127 g/mol. The van der Waals surface area contributed by atoms with Crippen molar-refractivity contribution in [2.24, 2.45) is 0 Å². The van der Waals surface area contributed by atoms with Crippen molar-refractivity contribution in [2.45, 2.75) is 26.4 Å². The molecule has 51 valence electrons. The smallest absolute Gasteiger partial charge is 0.418 e. The van der Waals surface area contributed by atoms with E-state index in [4.69, 9.17) is 0 Å². The molecule has 0 saturated heterocycles. The molecule has 9 heavy (non-hydrogen) atoms. The zero-order chi connectivity index (χ0) is 7.11. The minimum atomic E-state index is -0.0903. The van der Waals surface area contributed by atoms with Crippen LogP contribution >= 0.6 is 0 Å². The van der Waals surface area contributed by atoms with Gasteiger partial charge in [-0.2, -0.15) is 0 Å². The molecule has 0 bridgehead atoms. The Morgan fingerprint density at radius 2 is 2.44 bits per heavy atom. The molecule has 0 heterocycles. The van der Waals surface area contributed by atoms with Crippen LogP contribution in [0.1, 0.15) is 20.3 Å². The van der Waals surface area contributed by atoms with E-state index in [9.17, 15) is 4.79 Å². The molecule has 1 atom stereocenters. The Morgan fingerprint density at radius 1 is 1.78 bits per heavy atom. The van der Waals surface area contributed by atoms with E-state index in [1.807, 2.05) is 26.0 Å². The summed E-state index contributed by atoms with van der Waals surface area (Å²) < 4.78 is 4.54. The van der Waals surface area contributed by atoms with Gasteiger partial charge in [0.2, 0.25) is 0 Å². The second kappa shape index (κ2) is 5.35. The molecule has 0 aromatic heterocycles. The summed E-state index contributed by atoms with van der Waals surface area (Å²) in [6.45, 7) is 5.23. The first kappa shape index (κ1) is 8.21. The molecule has 0 aromatic carbocycles. The largest absolute Gasteiger partial charge is 0.450 e. The lowest BCUT2D eigenvalue weighted by atomic mass is 10.2. The number of hydrogen-bond acceptors (Lipinski definition) is 2. The second-order valence-corrected chi connectivity index (χ2v) is 1.67. The molecule has 0 N–H and O–H groups in total. The van der Waals surface area contributed by atoms with Gasteiger partial charge in [-0.05, 0) is 19.4 Å². The average Bonchev–Trinajstić information content (AvgIpc) is 1.88. The van der Waals surface area contributed by atoms with Crippen LogP contribution in [0.5, 0.6) is 0 Å². The monoisotopic (exact) mass is 127 g/mol. The van der Waals surface area contributed by atoms with Gasteiger partial charge in [0.25, 0.3) is 0 Å². The highest BCUT2D eigenvalue weighted by molar-refractivity contribution is 5.39. The van der Waals surface area contributed by atoms with Crippen LogP contribution in [0.2, 0.25) is 0 Å². The SMILES string of the molecule is CC=CC(CC)O[C]=O. The molecule has 0 saturated carbocycles. The molecule has 0 spiro atoms. The van der Waals surface area contributed by atoms with Gasteiger partial charge in [-0.1, -0.05) is 13.0 Å². The van der Waals surface area contributed by atoms with Gasteiger partial charge in [0, 0.05) is 0 Å². The van der Waals surface area contributed by atoms with Gasteiger partial charge in [0.05, 0.1) is 0 Å². The molecule has 0 aliphatic heterocycles. The molecule has 1 radical (unpaired) electrons. The van der Waals surface area contributed by atoms with Crippen LogP contribution in [0.25, 0.3) is 0 Å². The highest BCUT2D eigenvalue weighted by Crippen LogP contribution is 1.96. The summed E-state index contributed by atoms with van der Waals surface area (Å²) in [4.78, 5) is 9.67. The first-order chi connectivity index (χ1) is 4.35. The zero-order valence-electron chi connectivity index (χ0n) is 5.76. The number of hydrogen-bond donors (Lipinski definition) is 0. The third-order valence-corrected chi connectivity index (χ3v) is 1.01. The van der Waals surface area contributed by atoms with Crippen molar-refractivity contribution >= 4 is 6.47 Å². The van der Waals surface area contributed by atoms with Crippen molar-refractivity contribution in [3.05, 3.63) is 12.2 Å². The van der Waals surface area contributed by atoms with E-state index in [0.29, 0.717) is 0 Å². The molecule has 2 nitrogen and oxygen atoms in total. The van der Waals surface area contributed by atoms with E-state index >= 15 is 0 Å². The minimum absolute atomic E-state index is 0.0903. The zero-order valence-corrected chi connectivity index (χ0v) is 5.76. The van der Waals surface area contributed by atoms with E-state index < -0.39 is 0 Å². The lowest BCUT2D eigenvalue weighted by Crippen LogP contribution is -2.05. The molecule has 0 rings (SSSR count). The van der Waals surface area contributed by atoms with Gasteiger partial charge in [-0.3, -0.25) is 0 Å². The van der Waals surface area contributed by atoms with E-state index in [0.717, 1.165) is 6.42 Å². The maximum Gasteiger partial charge on any atom is 0.418 e. The fourth-order valence-electron chi connectivity index (χ4n) is 0.535. The lowest BCUT2D eigenvalue weighted by Gasteiger charge is -2.04. The van der Waals surface area contributed by atoms with Crippen molar-refractivity contribution in [1.82, 2.24) is 0 Å². The molecule has 0 fully saturated rings. The normalized spacial score (nSPS) is 13.6. The highest BCUT2D eigenvalue weighted by Gasteiger charge is 1.98. The summed E-state index contributed by atoms with van der Waals surface area (Å²) in [5.41, 5.74) is 0. The Kier molecular flexibility index (Phi) is 4.88. The van der Waals surface area contributed by atoms with Crippen molar-refractivity contribution in [3.63, 3.8) is 0 Å². The standard InChI is InChI=1S/C7H11O2/c1-3-5-7(4-2)9-6-8/h3,5,7H,4H2,1-2H3. The molecule has 1 unspecified atom stereocenters. The van der Waals surface area contributed by atoms with E-state index in [1.165, 1.54) is 6.47 Å². The summed E-state index contributed by atoms with van der Waals surface area (Å²) in [6, 6.07) is 0. The van der Waals surface area contributed by atoms with Crippen LogP contribution < -0.4 is 0 Å². The maximum absolute atomic E-state index is 9.67. The highest BCUT2D eigenvalue weighted by atomic mass is 16.5. The fraction of sp³-hybridized carbons (Fsp3) is 0.571. The quantitative estimate of drug-likeness (QED) is 0.534. The van der Waals surface area contributed by atoms with Crippen molar-refractivity contribution in [3.8, 4) is 0 Å². The van der Waals surface area contributed by atoms with Gasteiger partial charge in [0.1, 0.15) is 6.10 Å². The number of ether oxygens (including phenoxy) is 1. The molecule has 2 heteroatoms. The maximum atomic E-state index is 9.67. The van der Waals surface area contributed by atoms with Crippen LogP contribution in [0.4, 0.5) is 0 Å². The van der Waals surface area contributed by atoms with Gasteiger partial charge in [-0.15, -0.1) is 0 Å². The van der Waals surface area contributed by atoms with Crippen LogP contribution in [-0.2, 0) is 9.53 Å². The summed E-state index contributed by atoms with van der Waals surface area (Å²) >= 11 is 0. The summed E-state index contributed by atoms with van der Waals surface area (Å²) in [5, 5.41) is 0. The number of allylic oxidation sites excluding steroid dienone is 1. The third-order valence-electron chi connectivity index (χ3n) is 1.01. The summed E-state index contributed by atoms with van der Waals surface area (Å²) in [5.74, 6) is 0. The third kappa shape index (κ3) is 3.76. The molecule has 0 aliphatic carbocycles. The summed E-state index contributed by atoms with van der Waals surface area (Å²) in [7, 11) is 0. The molecular formula is C7H11O2. The molecule has 0 aromatic rings. The summed E-state index contributed by atoms with van der Waals surface area (Å²) in [6.07, 6.45) is 4.39. The van der Waals surface area contributed by atoms with Gasteiger partial charge < -0.3 is 4.74 Å². The Morgan fingerprint density at radius 3 is 2.78 bits per heavy atom. The Balaban J connectivity index is 3.53. The second-order valence-electron chi connectivity index (χ2n) is 1.67. The predicted octanol–water partition coefficient (Wildman–Crippen LogP) is 1.42. The Hall–Kier alpha value is -0.790. The van der Waals surface area contributed by atoms with E-state index in [2.05, 4.69) is 4.74 Å². The van der Waals surface area contributed by atoms with Crippen LogP contribution in [0.15, 0.2) is 12.2 Å². The van der Waals surface area contributed by atoms with E-state index in [-0.39, 0.29) is 6.10 Å². The lowest BCUT2D eigenvalue weighted by molar-refractivity contribution is 0.215. The van der Waals surface area contributed by atoms with Gasteiger partial charge >= 0.3 is 6.47 Å². The minimum Gasteiger partial charge on any atom is -0.450 e. The topological polar surface area (TPSA) is 26.3 Å². The van der Waals surface area contributed by atoms with Crippen LogP contribution in [0.3, 0.4) is 0 Å².